The SMILES string of the molecule is Cc1nc(C)c(C#N)c(SC(C)C(=O)NC(C)c2ccc(Cl)cc2Cl)n1. The van der Waals surface area contributed by atoms with Crippen molar-refractivity contribution in [1.82, 2.24) is 15.3 Å². The number of nitriles is 1. The van der Waals surface area contributed by atoms with E-state index in [1.165, 1.54) is 11.8 Å². The molecule has 0 saturated carbocycles. The smallest absolute Gasteiger partial charge is 0.233 e. The lowest BCUT2D eigenvalue weighted by Gasteiger charge is -2.19. The largest absolute Gasteiger partial charge is 0.349 e. The van der Waals surface area contributed by atoms with E-state index >= 15 is 0 Å². The normalized spacial score (nSPS) is 13.0. The maximum Gasteiger partial charge on any atom is 0.233 e. The van der Waals surface area contributed by atoms with Crippen molar-refractivity contribution in [3.05, 3.63) is 50.9 Å². The summed E-state index contributed by atoms with van der Waals surface area (Å²) < 4.78 is 0. The molecule has 26 heavy (non-hydrogen) atoms. The lowest BCUT2D eigenvalue weighted by atomic mass is 10.1. The second-order valence-electron chi connectivity index (χ2n) is 5.80. The van der Waals surface area contributed by atoms with Crippen LogP contribution in [0, 0.1) is 25.2 Å². The summed E-state index contributed by atoms with van der Waals surface area (Å²) in [6.07, 6.45) is 0. The van der Waals surface area contributed by atoms with Crippen molar-refractivity contribution in [3.63, 3.8) is 0 Å². The van der Waals surface area contributed by atoms with Crippen LogP contribution in [0.4, 0.5) is 0 Å². The van der Waals surface area contributed by atoms with Gasteiger partial charge in [0.05, 0.1) is 17.0 Å². The summed E-state index contributed by atoms with van der Waals surface area (Å²) in [7, 11) is 0. The standard InChI is InChI=1S/C18H18Cl2N4OS/c1-9(14-6-5-13(19)7-16(14)20)23-17(25)11(3)26-18-15(8-21)10(2)22-12(4)24-18/h5-7,9,11H,1-4H3,(H,23,25). The van der Waals surface area contributed by atoms with Crippen molar-refractivity contribution >= 4 is 40.9 Å². The van der Waals surface area contributed by atoms with E-state index in [0.29, 0.717) is 32.2 Å². The number of carbonyl (C=O) groups is 1. The third-order valence-corrected chi connectivity index (χ3v) is 5.37. The second kappa shape index (κ2) is 8.72. The van der Waals surface area contributed by atoms with Crippen molar-refractivity contribution < 1.29 is 4.79 Å². The van der Waals surface area contributed by atoms with Crippen LogP contribution in [-0.2, 0) is 4.79 Å². The average molecular weight is 409 g/mol. The first kappa shape index (κ1) is 20.5. The van der Waals surface area contributed by atoms with Crippen molar-refractivity contribution in [3.8, 4) is 6.07 Å². The van der Waals surface area contributed by atoms with Gasteiger partial charge in [-0.25, -0.2) is 9.97 Å². The Kier molecular flexibility index (Phi) is 6.87. The number of carbonyl (C=O) groups excluding carboxylic acids is 1. The molecule has 0 fully saturated rings. The van der Waals surface area contributed by atoms with Crippen LogP contribution in [0.1, 0.15) is 42.5 Å². The van der Waals surface area contributed by atoms with Crippen molar-refractivity contribution in [1.29, 1.82) is 5.26 Å². The highest BCUT2D eigenvalue weighted by Gasteiger charge is 2.21. The molecule has 2 rings (SSSR count). The van der Waals surface area contributed by atoms with Gasteiger partial charge in [0.25, 0.3) is 0 Å². The lowest BCUT2D eigenvalue weighted by molar-refractivity contribution is -0.120. The number of amides is 1. The van der Waals surface area contributed by atoms with E-state index in [1.54, 1.807) is 39.0 Å². The van der Waals surface area contributed by atoms with E-state index < -0.39 is 5.25 Å². The number of halogens is 2. The van der Waals surface area contributed by atoms with Crippen LogP contribution in [0.2, 0.25) is 10.0 Å². The van der Waals surface area contributed by atoms with Gasteiger partial charge in [0.2, 0.25) is 5.91 Å². The summed E-state index contributed by atoms with van der Waals surface area (Å²) in [4.78, 5) is 21.0. The molecule has 0 radical (unpaired) electrons. The molecule has 2 aromatic rings. The quantitative estimate of drug-likeness (QED) is 0.576. The van der Waals surface area contributed by atoms with Gasteiger partial charge in [-0.3, -0.25) is 4.79 Å². The van der Waals surface area contributed by atoms with Gasteiger partial charge in [-0.15, -0.1) is 0 Å². The summed E-state index contributed by atoms with van der Waals surface area (Å²) in [6, 6.07) is 6.99. The molecule has 1 heterocycles. The summed E-state index contributed by atoms with van der Waals surface area (Å²) in [5.41, 5.74) is 1.79. The second-order valence-corrected chi connectivity index (χ2v) is 7.98. The van der Waals surface area contributed by atoms with Crippen LogP contribution in [-0.4, -0.2) is 21.1 Å². The van der Waals surface area contributed by atoms with Gasteiger partial charge >= 0.3 is 0 Å². The highest BCUT2D eigenvalue weighted by molar-refractivity contribution is 8.00. The van der Waals surface area contributed by atoms with Crippen LogP contribution >= 0.6 is 35.0 Å². The first-order chi connectivity index (χ1) is 12.2. The molecule has 0 spiro atoms. The zero-order valence-electron chi connectivity index (χ0n) is 14.8. The molecule has 1 amide bonds. The fraction of sp³-hybridized carbons (Fsp3) is 0.333. The number of thioether (sulfide) groups is 1. The number of aryl methyl sites for hydroxylation is 2. The average Bonchev–Trinajstić information content (AvgIpc) is 2.54. The Hall–Kier alpha value is -1.81. The van der Waals surface area contributed by atoms with Crippen molar-refractivity contribution in [2.24, 2.45) is 0 Å². The Morgan fingerprint density at radius 2 is 1.96 bits per heavy atom. The Morgan fingerprint density at radius 1 is 1.27 bits per heavy atom. The van der Waals surface area contributed by atoms with E-state index in [1.807, 2.05) is 6.92 Å². The monoisotopic (exact) mass is 408 g/mol. The minimum atomic E-state index is -0.440. The number of nitrogens with one attached hydrogen (secondary N) is 1. The molecule has 8 heteroatoms. The maximum absolute atomic E-state index is 12.6. The molecule has 0 saturated heterocycles. The number of aromatic nitrogens is 2. The molecule has 2 unspecified atom stereocenters. The summed E-state index contributed by atoms with van der Waals surface area (Å²) in [6.45, 7) is 7.13. The topological polar surface area (TPSA) is 78.7 Å². The number of hydrogen-bond acceptors (Lipinski definition) is 5. The Balaban J connectivity index is 2.12. The van der Waals surface area contributed by atoms with Crippen LogP contribution in [0.5, 0.6) is 0 Å². The predicted octanol–water partition coefficient (Wildman–Crippen LogP) is 4.63. The lowest BCUT2D eigenvalue weighted by Crippen LogP contribution is -2.33. The first-order valence-electron chi connectivity index (χ1n) is 7.90. The third kappa shape index (κ3) is 4.88. The van der Waals surface area contributed by atoms with Crippen LogP contribution in [0.25, 0.3) is 0 Å². The van der Waals surface area contributed by atoms with E-state index in [2.05, 4.69) is 21.4 Å². The minimum Gasteiger partial charge on any atom is -0.349 e. The van der Waals surface area contributed by atoms with Gasteiger partial charge < -0.3 is 5.32 Å². The van der Waals surface area contributed by atoms with E-state index in [-0.39, 0.29) is 11.9 Å². The van der Waals surface area contributed by atoms with Gasteiger partial charge in [0.15, 0.2) is 0 Å². The molecule has 136 valence electrons. The van der Waals surface area contributed by atoms with Crippen molar-refractivity contribution in [2.45, 2.75) is 44.0 Å². The maximum atomic E-state index is 12.6. The van der Waals surface area contributed by atoms with Gasteiger partial charge in [-0.2, -0.15) is 5.26 Å². The summed E-state index contributed by atoms with van der Waals surface area (Å²) >= 11 is 13.3. The van der Waals surface area contributed by atoms with Crippen molar-refractivity contribution in [2.75, 3.05) is 0 Å². The molecule has 0 bridgehead atoms. The number of hydrogen-bond donors (Lipinski definition) is 1. The highest BCUT2D eigenvalue weighted by atomic mass is 35.5. The van der Waals surface area contributed by atoms with E-state index in [0.717, 1.165) is 5.56 Å². The fourth-order valence-corrected chi connectivity index (χ4v) is 3.96. The summed E-state index contributed by atoms with van der Waals surface area (Å²) in [5.74, 6) is 0.393. The van der Waals surface area contributed by atoms with Gasteiger partial charge in [-0.05, 0) is 45.4 Å². The van der Waals surface area contributed by atoms with E-state index in [9.17, 15) is 10.1 Å². The number of nitrogens with zero attached hydrogens (tertiary/aromatic N) is 3. The van der Waals surface area contributed by atoms with Gasteiger partial charge in [0.1, 0.15) is 22.5 Å². The summed E-state index contributed by atoms with van der Waals surface area (Å²) in [5, 5.41) is 13.4. The molecule has 0 aliphatic heterocycles. The zero-order valence-corrected chi connectivity index (χ0v) is 17.1. The molecule has 1 N–H and O–H groups in total. The molecular weight excluding hydrogens is 391 g/mol. The predicted molar refractivity (Wildman–Crippen MR) is 105 cm³/mol. The molecule has 0 aliphatic rings. The molecule has 5 nitrogen and oxygen atoms in total. The Bertz CT molecular complexity index is 882. The highest BCUT2D eigenvalue weighted by Crippen LogP contribution is 2.29. The number of benzene rings is 1. The fourth-order valence-electron chi connectivity index (χ4n) is 2.38. The molecule has 0 aliphatic carbocycles. The number of rotatable bonds is 5. The van der Waals surface area contributed by atoms with Crippen LogP contribution < -0.4 is 5.32 Å². The minimum absolute atomic E-state index is 0.175. The molecule has 1 aromatic carbocycles. The van der Waals surface area contributed by atoms with Gasteiger partial charge in [-0.1, -0.05) is 41.0 Å². The van der Waals surface area contributed by atoms with Gasteiger partial charge in [0, 0.05) is 10.0 Å². The third-order valence-electron chi connectivity index (χ3n) is 3.73. The Morgan fingerprint density at radius 3 is 2.58 bits per heavy atom. The Labute approximate surface area is 167 Å². The molecule has 2 atom stereocenters. The zero-order chi connectivity index (χ0) is 19.4. The molecule has 1 aromatic heterocycles. The van der Waals surface area contributed by atoms with Crippen LogP contribution in [0.3, 0.4) is 0 Å². The van der Waals surface area contributed by atoms with Crippen LogP contribution in [0.15, 0.2) is 23.2 Å². The first-order valence-corrected chi connectivity index (χ1v) is 9.53. The molecular formula is C18H18Cl2N4OS. The van der Waals surface area contributed by atoms with E-state index in [4.69, 9.17) is 23.2 Å².